The van der Waals surface area contributed by atoms with Crippen molar-refractivity contribution in [2.75, 3.05) is 0 Å². The first-order chi connectivity index (χ1) is 10.2. The predicted molar refractivity (Wildman–Crippen MR) is 83.3 cm³/mol. The van der Waals surface area contributed by atoms with Crippen LogP contribution >= 0.6 is 11.6 Å². The van der Waals surface area contributed by atoms with Gasteiger partial charge in [-0.3, -0.25) is 0 Å². The molecule has 0 spiro atoms. The second kappa shape index (κ2) is 6.10. The second-order valence-corrected chi connectivity index (χ2v) is 5.67. The Morgan fingerprint density at radius 2 is 1.90 bits per heavy atom. The molecule has 0 saturated heterocycles. The molecule has 0 unspecified atom stereocenters. The molecule has 0 aliphatic heterocycles. The molecule has 21 heavy (non-hydrogen) atoms. The minimum atomic E-state index is 0.764. The summed E-state index contributed by atoms with van der Waals surface area (Å²) in [4.78, 5) is 0. The summed E-state index contributed by atoms with van der Waals surface area (Å²) < 4.78 is 4.00. The number of rotatable bonds is 4. The summed E-state index contributed by atoms with van der Waals surface area (Å²) in [7, 11) is 0. The maximum atomic E-state index is 6.01. The van der Waals surface area contributed by atoms with E-state index in [0.29, 0.717) is 0 Å². The van der Waals surface area contributed by atoms with E-state index in [1.165, 1.54) is 16.7 Å². The smallest absolute Gasteiger partial charge is 0.233 e. The average molecular weight is 299 g/mol. The van der Waals surface area contributed by atoms with Crippen molar-refractivity contribution < 1.29 is 4.57 Å². The van der Waals surface area contributed by atoms with Crippen LogP contribution in [0.1, 0.15) is 16.7 Å². The zero-order valence-electron chi connectivity index (χ0n) is 11.9. The molecule has 106 valence electrons. The van der Waals surface area contributed by atoms with Gasteiger partial charge in [-0.15, -0.1) is 4.68 Å². The van der Waals surface area contributed by atoms with Crippen LogP contribution in [-0.4, -0.2) is 9.78 Å². The van der Waals surface area contributed by atoms with Crippen LogP contribution in [0, 0.1) is 6.92 Å². The van der Waals surface area contributed by atoms with E-state index in [1.807, 2.05) is 35.5 Å². The summed E-state index contributed by atoms with van der Waals surface area (Å²) in [6.45, 7) is 3.66. The first kappa shape index (κ1) is 13.8. The van der Waals surface area contributed by atoms with Gasteiger partial charge in [0.1, 0.15) is 6.54 Å². The van der Waals surface area contributed by atoms with Crippen LogP contribution in [0.2, 0.25) is 5.02 Å². The van der Waals surface area contributed by atoms with E-state index < -0.39 is 0 Å². The molecule has 0 bridgehead atoms. The number of hydrogen-bond donors (Lipinski definition) is 0. The lowest BCUT2D eigenvalue weighted by Crippen LogP contribution is -2.31. The summed E-state index contributed by atoms with van der Waals surface area (Å²) in [6, 6.07) is 16.4. The van der Waals surface area contributed by atoms with Crippen molar-refractivity contribution in [2.24, 2.45) is 0 Å². The fourth-order valence-corrected chi connectivity index (χ4v) is 2.58. The first-order valence-electron chi connectivity index (χ1n) is 6.90. The molecule has 2 aromatic carbocycles. The van der Waals surface area contributed by atoms with Gasteiger partial charge in [-0.25, -0.2) is 4.57 Å². The van der Waals surface area contributed by atoms with E-state index in [1.54, 1.807) is 0 Å². The van der Waals surface area contributed by atoms with E-state index in [-0.39, 0.29) is 0 Å². The quantitative estimate of drug-likeness (QED) is 0.678. The molecule has 1 heterocycles. The van der Waals surface area contributed by atoms with Gasteiger partial charge in [0.2, 0.25) is 6.33 Å². The van der Waals surface area contributed by atoms with Crippen molar-refractivity contribution in [1.29, 1.82) is 0 Å². The fraction of sp³-hybridized carbons (Fsp3) is 0.176. The van der Waals surface area contributed by atoms with Crippen LogP contribution in [0.25, 0.3) is 0 Å². The van der Waals surface area contributed by atoms with Crippen LogP contribution in [0.5, 0.6) is 0 Å². The van der Waals surface area contributed by atoms with E-state index >= 15 is 0 Å². The van der Waals surface area contributed by atoms with Gasteiger partial charge >= 0.3 is 0 Å². The summed E-state index contributed by atoms with van der Waals surface area (Å²) in [6.07, 6.45) is 3.86. The molecular weight excluding hydrogens is 282 g/mol. The minimum absolute atomic E-state index is 0.764. The topological polar surface area (TPSA) is 21.7 Å². The van der Waals surface area contributed by atoms with Crippen LogP contribution in [0.4, 0.5) is 0 Å². The Bertz CT molecular complexity index is 687. The maximum absolute atomic E-state index is 6.01. The molecule has 0 aliphatic carbocycles. The molecule has 3 rings (SSSR count). The third-order valence-electron chi connectivity index (χ3n) is 3.31. The van der Waals surface area contributed by atoms with E-state index in [2.05, 4.69) is 46.9 Å². The molecule has 0 radical (unpaired) electrons. The van der Waals surface area contributed by atoms with Gasteiger partial charge in [-0.1, -0.05) is 53.6 Å². The monoisotopic (exact) mass is 298 g/mol. The van der Waals surface area contributed by atoms with Crippen molar-refractivity contribution in [3.63, 3.8) is 0 Å². The Morgan fingerprint density at radius 3 is 2.71 bits per heavy atom. The van der Waals surface area contributed by atoms with Gasteiger partial charge in [0, 0.05) is 10.1 Å². The number of nitrogens with zero attached hydrogens (tertiary/aromatic N) is 3. The maximum Gasteiger partial charge on any atom is 0.265 e. The van der Waals surface area contributed by atoms with E-state index in [0.717, 1.165) is 18.1 Å². The minimum Gasteiger partial charge on any atom is -0.233 e. The molecule has 0 saturated carbocycles. The van der Waals surface area contributed by atoms with Crippen LogP contribution < -0.4 is 4.57 Å². The summed E-state index contributed by atoms with van der Waals surface area (Å²) >= 11 is 6.01. The molecule has 3 nitrogen and oxygen atoms in total. The van der Waals surface area contributed by atoms with E-state index in [9.17, 15) is 0 Å². The molecular formula is C17H17ClN3+. The standard InChI is InChI=1S/C17H17ClN3/c1-14-4-2-5-15(8-14)11-21-13-20(12-19-21)10-16-6-3-7-17(18)9-16/h2-9,12-13H,10-11H2,1H3/q+1. The van der Waals surface area contributed by atoms with Crippen LogP contribution in [-0.2, 0) is 13.1 Å². The first-order valence-corrected chi connectivity index (χ1v) is 7.28. The Morgan fingerprint density at radius 1 is 1.10 bits per heavy atom. The lowest BCUT2D eigenvalue weighted by atomic mass is 10.1. The molecule has 0 fully saturated rings. The number of aromatic nitrogens is 3. The Labute approximate surface area is 129 Å². The van der Waals surface area contributed by atoms with Gasteiger partial charge in [0.05, 0.1) is 6.54 Å². The Balaban J connectivity index is 1.71. The number of hydrogen-bond acceptors (Lipinski definition) is 1. The zero-order valence-corrected chi connectivity index (χ0v) is 12.7. The zero-order chi connectivity index (χ0) is 14.7. The van der Waals surface area contributed by atoms with Crippen molar-refractivity contribution in [2.45, 2.75) is 20.0 Å². The molecule has 3 aromatic rings. The normalized spacial score (nSPS) is 10.8. The third-order valence-corrected chi connectivity index (χ3v) is 3.55. The van der Waals surface area contributed by atoms with Gasteiger partial charge in [-0.05, 0) is 30.2 Å². The molecule has 0 aliphatic rings. The predicted octanol–water partition coefficient (Wildman–Crippen LogP) is 3.23. The highest BCUT2D eigenvalue weighted by Gasteiger charge is 2.07. The van der Waals surface area contributed by atoms with Crippen molar-refractivity contribution in [1.82, 2.24) is 9.78 Å². The highest BCUT2D eigenvalue weighted by atomic mass is 35.5. The molecule has 0 amide bonds. The molecule has 1 aromatic heterocycles. The lowest BCUT2D eigenvalue weighted by molar-refractivity contribution is -0.689. The highest BCUT2D eigenvalue weighted by molar-refractivity contribution is 6.30. The Hall–Kier alpha value is -2.13. The summed E-state index contributed by atoms with van der Waals surface area (Å²) in [5.74, 6) is 0. The SMILES string of the molecule is Cc1cccc(Cn2c[n+](Cc3cccc(Cl)c3)cn2)c1. The summed E-state index contributed by atoms with van der Waals surface area (Å²) in [5, 5.41) is 5.17. The van der Waals surface area contributed by atoms with Crippen molar-refractivity contribution >= 4 is 11.6 Å². The van der Waals surface area contributed by atoms with Gasteiger partial charge in [0.15, 0.2) is 0 Å². The Kier molecular flexibility index (Phi) is 4.02. The van der Waals surface area contributed by atoms with Gasteiger partial charge in [0.25, 0.3) is 6.33 Å². The summed E-state index contributed by atoms with van der Waals surface area (Å²) in [5.41, 5.74) is 3.70. The van der Waals surface area contributed by atoms with Crippen molar-refractivity contribution in [3.05, 3.63) is 82.9 Å². The fourth-order valence-electron chi connectivity index (χ4n) is 2.37. The van der Waals surface area contributed by atoms with E-state index in [4.69, 9.17) is 11.6 Å². The van der Waals surface area contributed by atoms with Crippen LogP contribution in [0.15, 0.2) is 61.2 Å². The van der Waals surface area contributed by atoms with Crippen LogP contribution in [0.3, 0.4) is 0 Å². The molecule has 0 N–H and O–H groups in total. The largest absolute Gasteiger partial charge is 0.265 e. The highest BCUT2D eigenvalue weighted by Crippen LogP contribution is 2.10. The lowest BCUT2D eigenvalue weighted by Gasteiger charge is -1.99. The van der Waals surface area contributed by atoms with Crippen molar-refractivity contribution in [3.8, 4) is 0 Å². The van der Waals surface area contributed by atoms with Gasteiger partial charge < -0.3 is 0 Å². The average Bonchev–Trinajstić information content (AvgIpc) is 2.86. The van der Waals surface area contributed by atoms with Gasteiger partial charge in [-0.2, -0.15) is 0 Å². The number of aryl methyl sites for hydroxylation is 1. The molecule has 4 heteroatoms. The molecule has 0 atom stereocenters. The third kappa shape index (κ3) is 3.70. The number of halogens is 1. The number of benzene rings is 2. The second-order valence-electron chi connectivity index (χ2n) is 5.24.